The number of benzene rings is 2. The fourth-order valence-corrected chi connectivity index (χ4v) is 2.75. The van der Waals surface area contributed by atoms with Gasteiger partial charge >= 0.3 is 0 Å². The van der Waals surface area contributed by atoms with E-state index >= 15 is 0 Å². The van der Waals surface area contributed by atoms with Crippen LogP contribution in [0.1, 0.15) is 52.8 Å². The van der Waals surface area contributed by atoms with Crippen LogP contribution in [-0.4, -0.2) is 5.16 Å². The molecule has 2 nitrogen and oxygen atoms in total. The van der Waals surface area contributed by atoms with Crippen molar-refractivity contribution in [2.24, 2.45) is 0 Å². The molecule has 0 bridgehead atoms. The zero-order chi connectivity index (χ0) is 18.2. The average molecular weight is 333 g/mol. The summed E-state index contributed by atoms with van der Waals surface area (Å²) in [6.45, 7) is 13.1. The standard InChI is InChI=1S/C23H27NO/c1-22(2,3)19-13-11-17(12-14-19)16-7-9-18(10-8-16)20-15-21(24-25-20)23(4,5)6/h7-15H,1-6H3. The molecule has 3 rings (SSSR count). The van der Waals surface area contributed by atoms with Gasteiger partial charge in [0.05, 0.1) is 5.69 Å². The minimum absolute atomic E-state index is 0.00348. The molecule has 0 saturated carbocycles. The van der Waals surface area contributed by atoms with Crippen molar-refractivity contribution in [3.63, 3.8) is 0 Å². The van der Waals surface area contributed by atoms with Crippen LogP contribution in [0.5, 0.6) is 0 Å². The van der Waals surface area contributed by atoms with E-state index in [0.717, 1.165) is 17.0 Å². The molecule has 3 aromatic rings. The first-order chi connectivity index (χ1) is 11.6. The molecule has 1 aromatic heterocycles. The van der Waals surface area contributed by atoms with Crippen LogP contribution in [0, 0.1) is 0 Å². The van der Waals surface area contributed by atoms with Crippen LogP contribution in [0.15, 0.2) is 59.1 Å². The second kappa shape index (κ2) is 6.18. The Kier molecular flexibility index (Phi) is 4.32. The molecular formula is C23H27NO. The molecule has 2 heteroatoms. The first-order valence-corrected chi connectivity index (χ1v) is 8.83. The first kappa shape index (κ1) is 17.5. The predicted octanol–water partition coefficient (Wildman–Crippen LogP) is 6.60. The van der Waals surface area contributed by atoms with Crippen LogP contribution in [-0.2, 0) is 10.8 Å². The molecule has 1 heterocycles. The Bertz CT molecular complexity index is 841. The average Bonchev–Trinajstić information content (AvgIpc) is 3.05. The minimum Gasteiger partial charge on any atom is -0.356 e. The van der Waals surface area contributed by atoms with E-state index in [1.54, 1.807) is 0 Å². The molecule has 0 atom stereocenters. The molecule has 0 aliphatic carbocycles. The Morgan fingerprint density at radius 3 is 1.56 bits per heavy atom. The Morgan fingerprint density at radius 1 is 0.640 bits per heavy atom. The maximum Gasteiger partial charge on any atom is 0.167 e. The van der Waals surface area contributed by atoms with Gasteiger partial charge in [0, 0.05) is 17.0 Å². The topological polar surface area (TPSA) is 26.0 Å². The SMILES string of the molecule is CC(C)(C)c1ccc(-c2ccc(-c3cc(C(C)(C)C)no3)cc2)cc1. The van der Waals surface area contributed by atoms with Gasteiger partial charge in [-0.1, -0.05) is 95.2 Å². The van der Waals surface area contributed by atoms with E-state index in [1.807, 2.05) is 6.07 Å². The molecule has 0 spiro atoms. The van der Waals surface area contributed by atoms with E-state index in [1.165, 1.54) is 16.7 Å². The van der Waals surface area contributed by atoms with Gasteiger partial charge in [-0.3, -0.25) is 0 Å². The highest BCUT2D eigenvalue weighted by Crippen LogP contribution is 2.30. The summed E-state index contributed by atoms with van der Waals surface area (Å²) < 4.78 is 5.53. The Morgan fingerprint density at radius 2 is 1.12 bits per heavy atom. The highest BCUT2D eigenvalue weighted by atomic mass is 16.5. The van der Waals surface area contributed by atoms with Gasteiger partial charge in [0.25, 0.3) is 0 Å². The van der Waals surface area contributed by atoms with Crippen LogP contribution in [0.2, 0.25) is 0 Å². The second-order valence-corrected chi connectivity index (χ2v) is 8.73. The first-order valence-electron chi connectivity index (χ1n) is 8.83. The lowest BCUT2D eigenvalue weighted by Gasteiger charge is -2.19. The van der Waals surface area contributed by atoms with Gasteiger partial charge in [-0.05, 0) is 22.1 Å². The molecule has 0 fully saturated rings. The normalized spacial score (nSPS) is 12.4. The van der Waals surface area contributed by atoms with Crippen molar-refractivity contribution in [3.8, 4) is 22.5 Å². The van der Waals surface area contributed by atoms with Crippen LogP contribution in [0.3, 0.4) is 0 Å². The number of hydrogen-bond acceptors (Lipinski definition) is 2. The van der Waals surface area contributed by atoms with Crippen molar-refractivity contribution in [1.82, 2.24) is 5.16 Å². The molecule has 0 saturated heterocycles. The summed E-state index contributed by atoms with van der Waals surface area (Å²) in [6, 6.07) is 19.3. The van der Waals surface area contributed by atoms with Gasteiger partial charge in [-0.2, -0.15) is 0 Å². The fraction of sp³-hybridized carbons (Fsp3) is 0.348. The van der Waals surface area contributed by atoms with Crippen molar-refractivity contribution in [2.75, 3.05) is 0 Å². The smallest absolute Gasteiger partial charge is 0.167 e. The van der Waals surface area contributed by atoms with Gasteiger partial charge in [0.1, 0.15) is 0 Å². The fourth-order valence-electron chi connectivity index (χ4n) is 2.75. The lowest BCUT2D eigenvalue weighted by atomic mass is 9.86. The van der Waals surface area contributed by atoms with Crippen molar-refractivity contribution >= 4 is 0 Å². The predicted molar refractivity (Wildman–Crippen MR) is 105 cm³/mol. The Balaban J connectivity index is 1.84. The van der Waals surface area contributed by atoms with Gasteiger partial charge < -0.3 is 4.52 Å². The van der Waals surface area contributed by atoms with Crippen molar-refractivity contribution in [1.29, 1.82) is 0 Å². The number of rotatable bonds is 2. The maximum atomic E-state index is 5.53. The quantitative estimate of drug-likeness (QED) is 0.528. The highest BCUT2D eigenvalue weighted by molar-refractivity contribution is 5.68. The van der Waals surface area contributed by atoms with E-state index in [2.05, 4.69) is 95.2 Å². The van der Waals surface area contributed by atoms with E-state index in [9.17, 15) is 0 Å². The Labute approximate surface area is 150 Å². The number of hydrogen-bond donors (Lipinski definition) is 0. The molecule has 130 valence electrons. The van der Waals surface area contributed by atoms with E-state index in [-0.39, 0.29) is 10.8 Å². The molecule has 0 radical (unpaired) electrons. The molecule has 0 unspecified atom stereocenters. The monoisotopic (exact) mass is 333 g/mol. The molecule has 0 aliphatic rings. The van der Waals surface area contributed by atoms with Crippen molar-refractivity contribution in [2.45, 2.75) is 52.4 Å². The van der Waals surface area contributed by atoms with Crippen molar-refractivity contribution < 1.29 is 4.52 Å². The van der Waals surface area contributed by atoms with Gasteiger partial charge in [-0.25, -0.2) is 0 Å². The summed E-state index contributed by atoms with van der Waals surface area (Å²) in [7, 11) is 0. The van der Waals surface area contributed by atoms with Crippen LogP contribution in [0.25, 0.3) is 22.5 Å². The van der Waals surface area contributed by atoms with E-state index in [4.69, 9.17) is 4.52 Å². The number of nitrogens with zero attached hydrogens (tertiary/aromatic N) is 1. The number of aromatic nitrogens is 1. The largest absolute Gasteiger partial charge is 0.356 e. The summed E-state index contributed by atoms with van der Waals surface area (Å²) in [5.74, 6) is 0.819. The zero-order valence-electron chi connectivity index (χ0n) is 16.1. The summed E-state index contributed by atoms with van der Waals surface area (Å²) in [4.78, 5) is 0. The molecule has 0 N–H and O–H groups in total. The third-order valence-corrected chi connectivity index (χ3v) is 4.53. The lowest BCUT2D eigenvalue weighted by Crippen LogP contribution is -2.10. The highest BCUT2D eigenvalue weighted by Gasteiger charge is 2.19. The van der Waals surface area contributed by atoms with Gasteiger partial charge in [0.15, 0.2) is 5.76 Å². The van der Waals surface area contributed by atoms with Gasteiger partial charge in [-0.15, -0.1) is 0 Å². The van der Waals surface area contributed by atoms with E-state index in [0.29, 0.717) is 0 Å². The van der Waals surface area contributed by atoms with Gasteiger partial charge in [0.2, 0.25) is 0 Å². The zero-order valence-corrected chi connectivity index (χ0v) is 16.1. The molecule has 0 amide bonds. The van der Waals surface area contributed by atoms with E-state index < -0.39 is 0 Å². The van der Waals surface area contributed by atoms with Crippen LogP contribution >= 0.6 is 0 Å². The summed E-state index contributed by atoms with van der Waals surface area (Å²) in [5, 5.41) is 4.20. The summed E-state index contributed by atoms with van der Waals surface area (Å²) in [5.41, 5.74) is 5.99. The Hall–Kier alpha value is -2.35. The lowest BCUT2D eigenvalue weighted by molar-refractivity contribution is 0.402. The molecular weight excluding hydrogens is 306 g/mol. The minimum atomic E-state index is -0.00348. The molecule has 0 aliphatic heterocycles. The maximum absolute atomic E-state index is 5.53. The second-order valence-electron chi connectivity index (χ2n) is 8.73. The molecule has 25 heavy (non-hydrogen) atoms. The third kappa shape index (κ3) is 3.84. The summed E-state index contributed by atoms with van der Waals surface area (Å²) >= 11 is 0. The summed E-state index contributed by atoms with van der Waals surface area (Å²) in [6.07, 6.45) is 0. The van der Waals surface area contributed by atoms with Crippen molar-refractivity contribution in [3.05, 3.63) is 65.9 Å². The van der Waals surface area contributed by atoms with Crippen LogP contribution < -0.4 is 0 Å². The third-order valence-electron chi connectivity index (χ3n) is 4.53. The van der Waals surface area contributed by atoms with Crippen LogP contribution in [0.4, 0.5) is 0 Å². The molecule has 2 aromatic carbocycles.